The number of anilines is 1. The van der Waals surface area contributed by atoms with E-state index in [1.165, 1.54) is 11.6 Å². The van der Waals surface area contributed by atoms with Crippen LogP contribution in [-0.4, -0.2) is 78.6 Å². The lowest BCUT2D eigenvalue weighted by Crippen LogP contribution is -2.50. The lowest BCUT2D eigenvalue weighted by molar-refractivity contribution is -0.147. The van der Waals surface area contributed by atoms with Crippen molar-refractivity contribution in [2.75, 3.05) is 31.1 Å². The Hall–Kier alpha value is -3.75. The molecular weight excluding hydrogens is 456 g/mol. The largest absolute Gasteiger partial charge is 0.478 e. The van der Waals surface area contributed by atoms with E-state index in [4.69, 9.17) is 9.47 Å². The minimum Gasteiger partial charge on any atom is -0.478 e. The van der Waals surface area contributed by atoms with E-state index in [2.05, 4.69) is 21.8 Å². The number of carbonyl (C=O) groups is 2. The van der Waals surface area contributed by atoms with Gasteiger partial charge in [-0.05, 0) is 27.7 Å². The lowest BCUT2D eigenvalue weighted by Gasteiger charge is -2.36. The first kappa shape index (κ1) is 24.4. The quantitative estimate of drug-likeness (QED) is 0.619. The van der Waals surface area contributed by atoms with Crippen molar-refractivity contribution < 1.29 is 24.2 Å². The third-order valence-corrected chi connectivity index (χ3v) is 5.93. The summed E-state index contributed by atoms with van der Waals surface area (Å²) in [5, 5.41) is 9.46. The fourth-order valence-electron chi connectivity index (χ4n) is 3.83. The number of amides is 1. The van der Waals surface area contributed by atoms with Gasteiger partial charge in [0.05, 0.1) is 6.54 Å². The highest BCUT2D eigenvalue weighted by molar-refractivity contribution is 5.81. The van der Waals surface area contributed by atoms with Crippen molar-refractivity contribution in [1.29, 1.82) is 0 Å². The standard InChI is InChI=1S/C23H30N6O6/c1-6-7-10-29-15-16(25-20(26(5)17(15)30)34-23(8-9-23)18(31)32)24-19(29)27-11-13-28(14-12-27)21(33)35-22(2,3)4/h8-14H2,1-5H3,(H,31,32). The lowest BCUT2D eigenvalue weighted by atomic mass is 10.2. The molecule has 0 radical (unpaired) electrons. The second kappa shape index (κ2) is 8.79. The van der Waals surface area contributed by atoms with Crippen LogP contribution in [0.25, 0.3) is 11.2 Å². The maximum atomic E-state index is 13.3. The first-order valence-corrected chi connectivity index (χ1v) is 11.5. The van der Waals surface area contributed by atoms with Crippen molar-refractivity contribution in [3.05, 3.63) is 10.4 Å². The molecule has 4 rings (SSSR count). The molecule has 0 spiro atoms. The maximum absolute atomic E-state index is 13.3. The van der Waals surface area contributed by atoms with Crippen molar-refractivity contribution in [2.45, 2.75) is 58.3 Å². The molecule has 35 heavy (non-hydrogen) atoms. The Morgan fingerprint density at radius 2 is 1.80 bits per heavy atom. The van der Waals surface area contributed by atoms with Gasteiger partial charge in [-0.3, -0.25) is 13.9 Å². The molecule has 2 fully saturated rings. The molecule has 12 heteroatoms. The van der Waals surface area contributed by atoms with Gasteiger partial charge < -0.3 is 24.4 Å². The molecule has 2 aromatic heterocycles. The molecular formula is C23H30N6O6. The number of fused-ring (bicyclic) bond motifs is 1. The number of hydrogen-bond donors (Lipinski definition) is 1. The second-order valence-corrected chi connectivity index (χ2v) is 9.71. The molecule has 3 heterocycles. The summed E-state index contributed by atoms with van der Waals surface area (Å²) < 4.78 is 14.0. The summed E-state index contributed by atoms with van der Waals surface area (Å²) in [6, 6.07) is -0.0880. The molecule has 12 nitrogen and oxygen atoms in total. The molecule has 1 aliphatic heterocycles. The molecule has 188 valence electrons. The van der Waals surface area contributed by atoms with E-state index in [1.54, 1.807) is 16.4 Å². The minimum absolute atomic E-state index is 0.0880. The van der Waals surface area contributed by atoms with E-state index in [9.17, 15) is 19.5 Å². The van der Waals surface area contributed by atoms with Gasteiger partial charge in [0.15, 0.2) is 11.2 Å². The molecule has 1 aliphatic carbocycles. The summed E-state index contributed by atoms with van der Waals surface area (Å²) in [7, 11) is 1.49. The van der Waals surface area contributed by atoms with Gasteiger partial charge in [-0.1, -0.05) is 5.92 Å². The van der Waals surface area contributed by atoms with Gasteiger partial charge in [-0.15, -0.1) is 5.92 Å². The fourth-order valence-corrected chi connectivity index (χ4v) is 3.83. The normalized spacial score (nSPS) is 17.1. The first-order valence-electron chi connectivity index (χ1n) is 11.5. The van der Waals surface area contributed by atoms with Crippen LogP contribution in [0.2, 0.25) is 0 Å². The topological polar surface area (TPSA) is 132 Å². The zero-order valence-electron chi connectivity index (χ0n) is 20.6. The molecule has 0 atom stereocenters. The van der Waals surface area contributed by atoms with Crippen LogP contribution in [0.3, 0.4) is 0 Å². The number of ether oxygens (including phenoxy) is 2. The van der Waals surface area contributed by atoms with Crippen LogP contribution in [0.5, 0.6) is 6.01 Å². The SMILES string of the molecule is CC#CCn1c(N2CCN(C(=O)OC(C)(C)C)CC2)nc2nc(OC3(C(=O)O)CC3)n(C)c(=O)c21. The molecule has 1 amide bonds. The fraction of sp³-hybridized carbons (Fsp3) is 0.609. The highest BCUT2D eigenvalue weighted by Crippen LogP contribution is 2.40. The van der Waals surface area contributed by atoms with Crippen LogP contribution >= 0.6 is 0 Å². The number of aromatic nitrogens is 4. The van der Waals surface area contributed by atoms with Gasteiger partial charge in [-0.25, -0.2) is 9.59 Å². The van der Waals surface area contributed by atoms with Crippen molar-refractivity contribution in [3.8, 4) is 17.9 Å². The number of aliphatic carboxylic acids is 1. The van der Waals surface area contributed by atoms with Crippen molar-refractivity contribution in [2.24, 2.45) is 7.05 Å². The molecule has 2 aromatic rings. The highest BCUT2D eigenvalue weighted by Gasteiger charge is 2.54. The third-order valence-electron chi connectivity index (χ3n) is 5.93. The van der Waals surface area contributed by atoms with Crippen LogP contribution in [0.1, 0.15) is 40.5 Å². The predicted molar refractivity (Wildman–Crippen MR) is 126 cm³/mol. The highest BCUT2D eigenvalue weighted by atomic mass is 16.6. The molecule has 1 saturated carbocycles. The van der Waals surface area contributed by atoms with Crippen LogP contribution in [0.15, 0.2) is 4.79 Å². The first-order chi connectivity index (χ1) is 16.5. The number of carboxylic acids is 1. The monoisotopic (exact) mass is 486 g/mol. The van der Waals surface area contributed by atoms with Crippen molar-refractivity contribution in [1.82, 2.24) is 24.0 Å². The second-order valence-electron chi connectivity index (χ2n) is 9.71. The third kappa shape index (κ3) is 4.76. The minimum atomic E-state index is -1.35. The summed E-state index contributed by atoms with van der Waals surface area (Å²) in [5.74, 6) is 5.24. The Bertz CT molecular complexity index is 1280. The van der Waals surface area contributed by atoms with Gasteiger partial charge >= 0.3 is 18.1 Å². The van der Waals surface area contributed by atoms with Crippen molar-refractivity contribution >= 4 is 29.2 Å². The Labute approximate surface area is 202 Å². The Balaban J connectivity index is 1.66. The zero-order valence-corrected chi connectivity index (χ0v) is 20.6. The van der Waals surface area contributed by atoms with Crippen molar-refractivity contribution in [3.63, 3.8) is 0 Å². The Morgan fingerprint density at radius 3 is 2.34 bits per heavy atom. The Kier molecular flexibility index (Phi) is 6.12. The molecule has 0 unspecified atom stereocenters. The molecule has 1 saturated heterocycles. The Morgan fingerprint density at radius 1 is 1.14 bits per heavy atom. The molecule has 0 aromatic carbocycles. The number of hydrogen-bond acceptors (Lipinski definition) is 8. The van der Waals surface area contributed by atoms with Crippen LogP contribution in [0.4, 0.5) is 10.7 Å². The summed E-state index contributed by atoms with van der Waals surface area (Å²) in [5.41, 5.74) is -1.91. The van der Waals surface area contributed by atoms with E-state index >= 15 is 0 Å². The number of carboxylic acid groups (broad SMARTS) is 1. The van der Waals surface area contributed by atoms with Gasteiger partial charge in [0.25, 0.3) is 5.56 Å². The number of rotatable bonds is 5. The molecule has 2 aliphatic rings. The number of nitrogens with zero attached hydrogens (tertiary/aromatic N) is 6. The van der Waals surface area contributed by atoms with Crippen LogP contribution in [0, 0.1) is 11.8 Å². The zero-order chi connectivity index (χ0) is 25.5. The number of carbonyl (C=O) groups excluding carboxylic acids is 1. The van der Waals surface area contributed by atoms with Gasteiger partial charge in [0.1, 0.15) is 5.60 Å². The summed E-state index contributed by atoms with van der Waals surface area (Å²) >= 11 is 0. The van der Waals surface area contributed by atoms with Gasteiger partial charge in [0, 0.05) is 46.1 Å². The summed E-state index contributed by atoms with van der Waals surface area (Å²) in [4.78, 5) is 49.9. The molecule has 0 bridgehead atoms. The van der Waals surface area contributed by atoms with E-state index < -0.39 is 22.7 Å². The predicted octanol–water partition coefficient (Wildman–Crippen LogP) is 1.21. The van der Waals surface area contributed by atoms with Gasteiger partial charge in [-0.2, -0.15) is 9.97 Å². The van der Waals surface area contributed by atoms with Crippen LogP contribution < -0.4 is 15.2 Å². The van der Waals surface area contributed by atoms with Gasteiger partial charge in [0.2, 0.25) is 11.5 Å². The van der Waals surface area contributed by atoms with E-state index in [1.807, 2.05) is 25.7 Å². The van der Waals surface area contributed by atoms with E-state index in [-0.39, 0.29) is 29.8 Å². The number of piperazine rings is 1. The smallest absolute Gasteiger partial charge is 0.410 e. The average molecular weight is 487 g/mol. The van der Waals surface area contributed by atoms with E-state index in [0.29, 0.717) is 45.0 Å². The van der Waals surface area contributed by atoms with Crippen LogP contribution in [-0.2, 0) is 23.1 Å². The van der Waals surface area contributed by atoms with E-state index in [0.717, 1.165) is 0 Å². The summed E-state index contributed by atoms with van der Waals surface area (Å²) in [6.45, 7) is 9.23. The number of imidazole rings is 1. The summed E-state index contributed by atoms with van der Waals surface area (Å²) in [6.07, 6.45) is 0.334. The molecule has 1 N–H and O–H groups in total. The average Bonchev–Trinajstić information content (AvgIpc) is 3.49. The maximum Gasteiger partial charge on any atom is 0.410 e.